The Morgan fingerprint density at radius 2 is 1.63 bits per heavy atom. The van der Waals surface area contributed by atoms with Crippen molar-refractivity contribution in [2.24, 2.45) is 0 Å². The van der Waals surface area contributed by atoms with E-state index in [1.54, 1.807) is 18.2 Å². The van der Waals surface area contributed by atoms with Gasteiger partial charge in [-0.15, -0.1) is 0 Å². The number of nitro benzene ring substituents is 1. The fourth-order valence-corrected chi connectivity index (χ4v) is 2.59. The molecule has 0 fully saturated rings. The first-order valence-corrected chi connectivity index (χ1v) is 8.45. The molecule has 0 bridgehead atoms. The van der Waals surface area contributed by atoms with Crippen LogP contribution in [0.2, 0.25) is 0 Å². The number of nitrogens with zero attached hydrogens (tertiary/aromatic N) is 1. The average Bonchev–Trinajstić information content (AvgIpc) is 2.71. The molecule has 0 aromatic heterocycles. The lowest BCUT2D eigenvalue weighted by Crippen LogP contribution is -2.10. The Bertz CT molecular complexity index is 920. The highest BCUT2D eigenvalue weighted by atomic mass is 19.3. The fraction of sp³-hybridized carbons (Fsp3) is 0.316. The second kappa shape index (κ2) is 10.2. The van der Waals surface area contributed by atoms with Gasteiger partial charge in [-0.1, -0.05) is 6.07 Å². The molecule has 11 heteroatoms. The maximum Gasteiger partial charge on any atom is 0.387 e. The van der Waals surface area contributed by atoms with Crippen LogP contribution in [0.3, 0.4) is 0 Å². The number of halogens is 2. The van der Waals surface area contributed by atoms with Crippen LogP contribution in [0.1, 0.15) is 11.1 Å². The number of benzene rings is 2. The highest BCUT2D eigenvalue weighted by Gasteiger charge is 2.23. The van der Waals surface area contributed by atoms with Gasteiger partial charge >= 0.3 is 12.6 Å². The Hall–Kier alpha value is -3.63. The first-order chi connectivity index (χ1) is 14.3. The van der Waals surface area contributed by atoms with Crippen LogP contribution >= 0.6 is 0 Å². The lowest BCUT2D eigenvalue weighted by atomic mass is 10.1. The molecule has 9 nitrogen and oxygen atoms in total. The second-order valence-corrected chi connectivity index (χ2v) is 5.79. The average molecular weight is 427 g/mol. The zero-order valence-corrected chi connectivity index (χ0v) is 16.3. The molecule has 2 aromatic rings. The van der Waals surface area contributed by atoms with Gasteiger partial charge in [-0.3, -0.25) is 14.9 Å². The number of rotatable bonds is 10. The van der Waals surface area contributed by atoms with E-state index in [1.807, 2.05) is 0 Å². The summed E-state index contributed by atoms with van der Waals surface area (Å²) in [5, 5.41) is 11.3. The number of ether oxygens (including phenoxy) is 5. The summed E-state index contributed by atoms with van der Waals surface area (Å²) >= 11 is 0. The number of hydrogen-bond donors (Lipinski definition) is 0. The number of alkyl halides is 2. The van der Waals surface area contributed by atoms with Crippen LogP contribution < -0.4 is 18.9 Å². The number of esters is 1. The predicted octanol–water partition coefficient (Wildman–Crippen LogP) is 3.51. The molecule has 0 aliphatic rings. The van der Waals surface area contributed by atoms with Crippen LogP contribution in [-0.4, -0.2) is 38.8 Å². The molecule has 0 spiro atoms. The lowest BCUT2D eigenvalue weighted by Gasteiger charge is -2.13. The summed E-state index contributed by atoms with van der Waals surface area (Å²) in [4.78, 5) is 22.7. The summed E-state index contributed by atoms with van der Waals surface area (Å²) in [5.74, 6) is -0.406. The summed E-state index contributed by atoms with van der Waals surface area (Å²) in [7, 11) is 4.12. The lowest BCUT2D eigenvalue weighted by molar-refractivity contribution is -0.386. The fourth-order valence-electron chi connectivity index (χ4n) is 2.59. The van der Waals surface area contributed by atoms with Crippen LogP contribution in [0.4, 0.5) is 14.5 Å². The first-order valence-electron chi connectivity index (χ1n) is 8.45. The van der Waals surface area contributed by atoms with Crippen molar-refractivity contribution in [1.29, 1.82) is 0 Å². The molecule has 0 aliphatic carbocycles. The summed E-state index contributed by atoms with van der Waals surface area (Å²) in [6.45, 7) is -3.66. The van der Waals surface area contributed by atoms with Gasteiger partial charge in [0.05, 0.1) is 44.3 Å². The number of methoxy groups -OCH3 is 3. The van der Waals surface area contributed by atoms with E-state index in [4.69, 9.17) is 18.9 Å². The monoisotopic (exact) mass is 427 g/mol. The van der Waals surface area contributed by atoms with Gasteiger partial charge in [0.1, 0.15) is 6.61 Å². The minimum absolute atomic E-state index is 0.0425. The van der Waals surface area contributed by atoms with Crippen LogP contribution in [0.15, 0.2) is 30.3 Å². The Balaban J connectivity index is 2.15. The van der Waals surface area contributed by atoms with E-state index >= 15 is 0 Å². The molecule has 0 N–H and O–H groups in total. The van der Waals surface area contributed by atoms with Crippen molar-refractivity contribution in [2.75, 3.05) is 21.3 Å². The largest absolute Gasteiger partial charge is 0.493 e. The van der Waals surface area contributed by atoms with Crippen LogP contribution in [0, 0.1) is 10.1 Å². The van der Waals surface area contributed by atoms with Gasteiger partial charge in [0, 0.05) is 0 Å². The van der Waals surface area contributed by atoms with Crippen molar-refractivity contribution >= 4 is 11.7 Å². The van der Waals surface area contributed by atoms with E-state index in [0.29, 0.717) is 17.1 Å². The highest BCUT2D eigenvalue weighted by molar-refractivity contribution is 5.73. The quantitative estimate of drug-likeness (QED) is 0.322. The van der Waals surface area contributed by atoms with E-state index in [-0.39, 0.29) is 17.7 Å². The van der Waals surface area contributed by atoms with Crippen molar-refractivity contribution in [1.82, 2.24) is 0 Å². The van der Waals surface area contributed by atoms with Crippen molar-refractivity contribution in [3.05, 3.63) is 51.6 Å². The zero-order valence-electron chi connectivity index (χ0n) is 16.3. The van der Waals surface area contributed by atoms with Crippen LogP contribution in [0.25, 0.3) is 0 Å². The van der Waals surface area contributed by atoms with E-state index in [1.165, 1.54) is 21.3 Å². The molecule has 0 aliphatic heterocycles. The first kappa shape index (κ1) is 22.7. The molecule has 0 radical (unpaired) electrons. The molecule has 30 heavy (non-hydrogen) atoms. The maximum absolute atomic E-state index is 12.5. The molecule has 0 atom stereocenters. The van der Waals surface area contributed by atoms with Gasteiger partial charge in [0.2, 0.25) is 0 Å². The number of hydrogen-bond acceptors (Lipinski definition) is 8. The van der Waals surface area contributed by atoms with Crippen molar-refractivity contribution in [3.8, 4) is 23.0 Å². The second-order valence-electron chi connectivity index (χ2n) is 5.79. The number of carbonyl (C=O) groups is 1. The smallest absolute Gasteiger partial charge is 0.387 e. The zero-order chi connectivity index (χ0) is 22.3. The van der Waals surface area contributed by atoms with Gasteiger partial charge < -0.3 is 23.7 Å². The van der Waals surface area contributed by atoms with Gasteiger partial charge in [0.15, 0.2) is 23.0 Å². The summed E-state index contributed by atoms with van der Waals surface area (Å²) in [6.07, 6.45) is -0.127. The minimum atomic E-state index is -3.19. The number of nitro groups is 1. The van der Waals surface area contributed by atoms with Gasteiger partial charge in [-0.25, -0.2) is 0 Å². The van der Waals surface area contributed by atoms with Gasteiger partial charge in [0.25, 0.3) is 5.69 Å². The molecule has 2 aromatic carbocycles. The molecule has 0 unspecified atom stereocenters. The third-order valence-electron chi connectivity index (χ3n) is 3.96. The third kappa shape index (κ3) is 5.69. The molecular weight excluding hydrogens is 408 g/mol. The van der Waals surface area contributed by atoms with E-state index in [0.717, 1.165) is 12.1 Å². The molecule has 0 saturated carbocycles. The van der Waals surface area contributed by atoms with E-state index < -0.39 is 35.5 Å². The molecule has 0 heterocycles. The van der Waals surface area contributed by atoms with Crippen molar-refractivity contribution < 1.29 is 42.2 Å². The normalized spacial score (nSPS) is 10.5. The molecule has 2 rings (SSSR count). The summed E-state index contributed by atoms with van der Waals surface area (Å²) in [5.41, 5.74) is -0.0186. The molecule has 0 saturated heterocycles. The minimum Gasteiger partial charge on any atom is -0.493 e. The molecular formula is C19H19F2NO8. The topological polar surface area (TPSA) is 106 Å². The molecule has 0 amide bonds. The maximum atomic E-state index is 12.5. The van der Waals surface area contributed by atoms with Gasteiger partial charge in [-0.2, -0.15) is 8.78 Å². The highest BCUT2D eigenvalue weighted by Crippen LogP contribution is 2.36. The molecule has 162 valence electrons. The Morgan fingerprint density at radius 1 is 1.00 bits per heavy atom. The standard InChI is InChI=1S/C19H19F2NO8/c1-26-14-5-4-11(6-15(14)27-2)7-18(23)29-10-12-8-16(28-3)17(30-19(20)21)9-13(12)22(24)25/h4-6,8-9,19H,7,10H2,1-3H3. The van der Waals surface area contributed by atoms with Crippen molar-refractivity contribution in [2.45, 2.75) is 19.6 Å². The van der Waals surface area contributed by atoms with E-state index in [2.05, 4.69) is 4.74 Å². The van der Waals surface area contributed by atoms with Crippen LogP contribution in [0.5, 0.6) is 23.0 Å². The van der Waals surface area contributed by atoms with Gasteiger partial charge in [-0.05, 0) is 23.8 Å². The van der Waals surface area contributed by atoms with E-state index in [9.17, 15) is 23.7 Å². The van der Waals surface area contributed by atoms with Crippen molar-refractivity contribution in [3.63, 3.8) is 0 Å². The summed E-state index contributed by atoms with van der Waals surface area (Å²) in [6, 6.07) is 6.77. The Kier molecular flexibility index (Phi) is 7.73. The Labute approximate surface area is 170 Å². The SMILES string of the molecule is COc1ccc(CC(=O)OCc2cc(OC)c(OC(F)F)cc2[N+](=O)[O-])cc1OC. The number of carbonyl (C=O) groups excluding carboxylic acids is 1. The van der Waals surface area contributed by atoms with Crippen LogP contribution in [-0.2, 0) is 22.6 Å². The summed E-state index contributed by atoms with van der Waals surface area (Å²) < 4.78 is 49.6. The predicted molar refractivity (Wildman–Crippen MR) is 99.3 cm³/mol. The Morgan fingerprint density at radius 3 is 2.20 bits per heavy atom. The third-order valence-corrected chi connectivity index (χ3v) is 3.96.